The third-order valence-corrected chi connectivity index (χ3v) is 3.16. The van der Waals surface area contributed by atoms with Gasteiger partial charge >= 0.3 is 0 Å². The summed E-state index contributed by atoms with van der Waals surface area (Å²) in [6.07, 6.45) is 5.24. The molecule has 2 rings (SSSR count). The highest BCUT2D eigenvalue weighted by atomic mass is 16.5. The summed E-state index contributed by atoms with van der Waals surface area (Å²) >= 11 is 0. The molecule has 0 radical (unpaired) electrons. The predicted octanol–water partition coefficient (Wildman–Crippen LogP) is 3.30. The highest BCUT2D eigenvalue weighted by molar-refractivity contribution is 5.34. The van der Waals surface area contributed by atoms with E-state index in [9.17, 15) is 0 Å². The second-order valence-electron chi connectivity index (χ2n) is 4.63. The van der Waals surface area contributed by atoms with Crippen molar-refractivity contribution in [3.63, 3.8) is 0 Å². The normalized spacial score (nSPS) is 10.0. The van der Waals surface area contributed by atoms with E-state index in [1.54, 1.807) is 0 Å². The fourth-order valence-electron chi connectivity index (χ4n) is 1.99. The van der Waals surface area contributed by atoms with Gasteiger partial charge in [-0.05, 0) is 24.1 Å². The zero-order valence-electron chi connectivity index (χ0n) is 11.7. The van der Waals surface area contributed by atoms with Gasteiger partial charge in [0.25, 0.3) is 0 Å². The molecule has 0 aliphatic carbocycles. The SMILES string of the molecule is C#CCNCc1ccccc1OCc1ccccc1C. The summed E-state index contributed by atoms with van der Waals surface area (Å²) in [5.74, 6) is 3.47. The Morgan fingerprint density at radius 1 is 1.05 bits per heavy atom. The highest BCUT2D eigenvalue weighted by Crippen LogP contribution is 2.20. The summed E-state index contributed by atoms with van der Waals surface area (Å²) < 4.78 is 5.94. The minimum Gasteiger partial charge on any atom is -0.489 e. The summed E-state index contributed by atoms with van der Waals surface area (Å²) in [5, 5.41) is 3.19. The van der Waals surface area contributed by atoms with E-state index in [0.29, 0.717) is 19.7 Å². The summed E-state index contributed by atoms with van der Waals surface area (Å²) in [6.45, 7) is 3.96. The largest absolute Gasteiger partial charge is 0.489 e. The molecular formula is C18H19NO. The number of rotatable bonds is 6. The lowest BCUT2D eigenvalue weighted by molar-refractivity contribution is 0.301. The van der Waals surface area contributed by atoms with Crippen molar-refractivity contribution in [2.75, 3.05) is 6.54 Å². The van der Waals surface area contributed by atoms with E-state index in [0.717, 1.165) is 11.3 Å². The minimum atomic E-state index is 0.562. The first-order valence-corrected chi connectivity index (χ1v) is 6.70. The van der Waals surface area contributed by atoms with Gasteiger partial charge in [0.1, 0.15) is 12.4 Å². The Kier molecular flexibility index (Phi) is 5.23. The molecule has 0 saturated heterocycles. The molecule has 0 aromatic heterocycles. The average Bonchev–Trinajstić information content (AvgIpc) is 2.48. The van der Waals surface area contributed by atoms with Gasteiger partial charge in [-0.15, -0.1) is 6.42 Å². The number of hydrogen-bond donors (Lipinski definition) is 1. The summed E-state index contributed by atoms with van der Waals surface area (Å²) in [4.78, 5) is 0. The van der Waals surface area contributed by atoms with Crippen molar-refractivity contribution in [3.05, 3.63) is 65.2 Å². The van der Waals surface area contributed by atoms with E-state index in [1.165, 1.54) is 11.1 Å². The molecule has 2 nitrogen and oxygen atoms in total. The van der Waals surface area contributed by atoms with Crippen LogP contribution in [-0.2, 0) is 13.2 Å². The van der Waals surface area contributed by atoms with Crippen molar-refractivity contribution in [1.29, 1.82) is 0 Å². The average molecular weight is 265 g/mol. The van der Waals surface area contributed by atoms with E-state index in [-0.39, 0.29) is 0 Å². The maximum Gasteiger partial charge on any atom is 0.124 e. The number of ether oxygens (including phenoxy) is 1. The molecule has 2 aromatic carbocycles. The first-order valence-electron chi connectivity index (χ1n) is 6.70. The monoisotopic (exact) mass is 265 g/mol. The number of hydrogen-bond acceptors (Lipinski definition) is 2. The van der Waals surface area contributed by atoms with E-state index in [1.807, 2.05) is 30.3 Å². The molecule has 0 heterocycles. The molecular weight excluding hydrogens is 246 g/mol. The van der Waals surface area contributed by atoms with Crippen LogP contribution in [0.2, 0.25) is 0 Å². The van der Waals surface area contributed by atoms with Crippen LogP contribution in [0.4, 0.5) is 0 Å². The Morgan fingerprint density at radius 3 is 2.50 bits per heavy atom. The van der Waals surface area contributed by atoms with E-state index in [2.05, 4.69) is 36.4 Å². The molecule has 2 aromatic rings. The number of aryl methyl sites for hydroxylation is 1. The maximum absolute atomic E-state index is 5.94. The third-order valence-electron chi connectivity index (χ3n) is 3.16. The molecule has 0 unspecified atom stereocenters. The Bertz CT molecular complexity index is 598. The fourth-order valence-corrected chi connectivity index (χ4v) is 1.99. The standard InChI is InChI=1S/C18H19NO/c1-3-12-19-13-16-9-6-7-11-18(16)20-14-17-10-5-4-8-15(17)2/h1,4-11,19H,12-14H2,2H3. The zero-order valence-corrected chi connectivity index (χ0v) is 11.7. The van der Waals surface area contributed by atoms with Gasteiger partial charge in [0.2, 0.25) is 0 Å². The second kappa shape index (κ2) is 7.37. The lowest BCUT2D eigenvalue weighted by atomic mass is 10.1. The molecule has 2 heteroatoms. The minimum absolute atomic E-state index is 0.562. The Labute approximate surface area is 120 Å². The van der Waals surface area contributed by atoms with Crippen LogP contribution in [-0.4, -0.2) is 6.54 Å². The summed E-state index contributed by atoms with van der Waals surface area (Å²) in [7, 11) is 0. The van der Waals surface area contributed by atoms with Gasteiger partial charge in [0.05, 0.1) is 6.54 Å². The van der Waals surface area contributed by atoms with Crippen LogP contribution in [0.5, 0.6) is 5.75 Å². The molecule has 20 heavy (non-hydrogen) atoms. The Morgan fingerprint density at radius 2 is 1.75 bits per heavy atom. The zero-order chi connectivity index (χ0) is 14.2. The fraction of sp³-hybridized carbons (Fsp3) is 0.222. The Hall–Kier alpha value is -2.24. The van der Waals surface area contributed by atoms with E-state index in [4.69, 9.17) is 11.2 Å². The van der Waals surface area contributed by atoms with Crippen LogP contribution in [0.25, 0.3) is 0 Å². The second-order valence-corrected chi connectivity index (χ2v) is 4.63. The molecule has 0 aliphatic rings. The van der Waals surface area contributed by atoms with Gasteiger partial charge in [-0.1, -0.05) is 48.4 Å². The summed E-state index contributed by atoms with van der Waals surface area (Å²) in [5.41, 5.74) is 3.57. The van der Waals surface area contributed by atoms with Crippen molar-refractivity contribution >= 4 is 0 Å². The molecule has 0 aliphatic heterocycles. The maximum atomic E-state index is 5.94. The topological polar surface area (TPSA) is 21.3 Å². The van der Waals surface area contributed by atoms with Crippen molar-refractivity contribution in [1.82, 2.24) is 5.32 Å². The first kappa shape index (κ1) is 14.2. The van der Waals surface area contributed by atoms with Crippen molar-refractivity contribution in [3.8, 4) is 18.1 Å². The first-order chi connectivity index (χ1) is 9.81. The van der Waals surface area contributed by atoms with E-state index < -0.39 is 0 Å². The number of benzene rings is 2. The van der Waals surface area contributed by atoms with Crippen LogP contribution in [0.1, 0.15) is 16.7 Å². The summed E-state index contributed by atoms with van der Waals surface area (Å²) in [6, 6.07) is 16.3. The van der Waals surface area contributed by atoms with Gasteiger partial charge in [-0.2, -0.15) is 0 Å². The molecule has 0 amide bonds. The van der Waals surface area contributed by atoms with Gasteiger partial charge < -0.3 is 10.1 Å². The molecule has 0 spiro atoms. The molecule has 102 valence electrons. The smallest absolute Gasteiger partial charge is 0.124 e. The highest BCUT2D eigenvalue weighted by Gasteiger charge is 2.04. The molecule has 0 saturated carbocycles. The lowest BCUT2D eigenvalue weighted by Gasteiger charge is -2.12. The number of para-hydroxylation sites is 1. The van der Waals surface area contributed by atoms with Crippen molar-refractivity contribution in [2.45, 2.75) is 20.1 Å². The van der Waals surface area contributed by atoms with Crippen molar-refractivity contribution in [2.24, 2.45) is 0 Å². The molecule has 0 atom stereocenters. The third kappa shape index (κ3) is 3.88. The quantitative estimate of drug-likeness (QED) is 0.639. The predicted molar refractivity (Wildman–Crippen MR) is 82.5 cm³/mol. The van der Waals surface area contributed by atoms with Gasteiger partial charge in [0, 0.05) is 12.1 Å². The van der Waals surface area contributed by atoms with Crippen LogP contribution in [0, 0.1) is 19.3 Å². The van der Waals surface area contributed by atoms with Crippen LogP contribution < -0.4 is 10.1 Å². The van der Waals surface area contributed by atoms with Crippen LogP contribution in [0.15, 0.2) is 48.5 Å². The number of nitrogens with one attached hydrogen (secondary N) is 1. The van der Waals surface area contributed by atoms with Crippen LogP contribution >= 0.6 is 0 Å². The molecule has 0 bridgehead atoms. The van der Waals surface area contributed by atoms with Gasteiger partial charge in [-0.3, -0.25) is 0 Å². The molecule has 1 N–H and O–H groups in total. The number of terminal acetylenes is 1. The molecule has 0 fully saturated rings. The van der Waals surface area contributed by atoms with E-state index >= 15 is 0 Å². The lowest BCUT2D eigenvalue weighted by Crippen LogP contribution is -2.14. The van der Waals surface area contributed by atoms with Crippen LogP contribution in [0.3, 0.4) is 0 Å². The van der Waals surface area contributed by atoms with Gasteiger partial charge in [0.15, 0.2) is 0 Å². The Balaban J connectivity index is 2.02. The van der Waals surface area contributed by atoms with Gasteiger partial charge in [-0.25, -0.2) is 0 Å². The van der Waals surface area contributed by atoms with Crippen molar-refractivity contribution < 1.29 is 4.74 Å².